The number of nitrogens with zero attached hydrogens (tertiary/aromatic N) is 2. The minimum absolute atomic E-state index is 0.0820. The third kappa shape index (κ3) is 2.77. The van der Waals surface area contributed by atoms with Crippen LogP contribution >= 0.6 is 0 Å². The van der Waals surface area contributed by atoms with Crippen molar-refractivity contribution >= 4 is 5.91 Å². The average molecular weight is 337 g/mol. The fourth-order valence-electron chi connectivity index (χ4n) is 2.50. The molecular formula is C16H17F2N3O3. The van der Waals surface area contributed by atoms with Crippen molar-refractivity contribution in [3.8, 4) is 11.5 Å². The maximum absolute atomic E-state index is 14.1. The fourth-order valence-corrected chi connectivity index (χ4v) is 2.50. The maximum Gasteiger partial charge on any atom is 0.352 e. The summed E-state index contributed by atoms with van der Waals surface area (Å²) in [5, 5.41) is 15.6. The zero-order valence-electron chi connectivity index (χ0n) is 13.0. The molecule has 2 N–H and O–H groups in total. The quantitative estimate of drug-likeness (QED) is 0.875. The lowest BCUT2D eigenvalue weighted by molar-refractivity contribution is -0.216. The molecule has 1 aromatic carbocycles. The van der Waals surface area contributed by atoms with E-state index in [0.717, 1.165) is 0 Å². The number of rotatable bonds is 5. The van der Waals surface area contributed by atoms with Gasteiger partial charge in [-0.1, -0.05) is 23.4 Å². The summed E-state index contributed by atoms with van der Waals surface area (Å²) in [5.74, 6) is -5.08. The van der Waals surface area contributed by atoms with Gasteiger partial charge < -0.3 is 14.9 Å². The van der Waals surface area contributed by atoms with Crippen molar-refractivity contribution in [2.75, 3.05) is 0 Å². The SMILES string of the molecule is CC(NC(=O)C(F)(F)C1(O)CCC1)c1noc(-c2ccccc2)n1. The van der Waals surface area contributed by atoms with Gasteiger partial charge in [-0.25, -0.2) is 0 Å². The first-order valence-corrected chi connectivity index (χ1v) is 7.64. The highest BCUT2D eigenvalue weighted by Gasteiger charge is 2.61. The standard InChI is InChI=1S/C16H17F2N3O3/c1-10(19-14(22)16(17,18)15(23)8-5-9-15)12-20-13(24-21-12)11-6-3-2-4-7-11/h2-4,6-7,10,23H,5,8-9H2,1H3,(H,19,22). The van der Waals surface area contributed by atoms with Gasteiger partial charge in [0.15, 0.2) is 5.82 Å². The van der Waals surface area contributed by atoms with E-state index in [0.29, 0.717) is 12.0 Å². The summed E-state index contributed by atoms with van der Waals surface area (Å²) in [7, 11) is 0. The lowest BCUT2D eigenvalue weighted by Gasteiger charge is -2.41. The molecule has 1 aliphatic carbocycles. The zero-order chi connectivity index (χ0) is 17.4. The van der Waals surface area contributed by atoms with E-state index in [9.17, 15) is 18.7 Å². The number of carbonyl (C=O) groups excluding carboxylic acids is 1. The summed E-state index contributed by atoms with van der Waals surface area (Å²) < 4.78 is 33.2. The van der Waals surface area contributed by atoms with Crippen LogP contribution in [0.3, 0.4) is 0 Å². The highest BCUT2D eigenvalue weighted by Crippen LogP contribution is 2.44. The lowest BCUT2D eigenvalue weighted by Crippen LogP contribution is -2.60. The minimum Gasteiger partial charge on any atom is -0.383 e. The molecule has 0 radical (unpaired) electrons. The summed E-state index contributed by atoms with van der Waals surface area (Å²) in [6.07, 6.45) is 0.282. The van der Waals surface area contributed by atoms with Crippen molar-refractivity contribution in [3.63, 3.8) is 0 Å². The fraction of sp³-hybridized carbons (Fsp3) is 0.438. The molecule has 1 aliphatic rings. The molecule has 24 heavy (non-hydrogen) atoms. The molecule has 6 nitrogen and oxygen atoms in total. The number of amides is 1. The topological polar surface area (TPSA) is 88.2 Å². The Hall–Kier alpha value is -2.35. The predicted molar refractivity (Wildman–Crippen MR) is 80.0 cm³/mol. The number of aliphatic hydroxyl groups is 1. The van der Waals surface area contributed by atoms with E-state index in [1.807, 2.05) is 6.07 Å². The van der Waals surface area contributed by atoms with E-state index in [1.54, 1.807) is 24.3 Å². The van der Waals surface area contributed by atoms with Gasteiger partial charge in [0, 0.05) is 5.56 Å². The second-order valence-electron chi connectivity index (χ2n) is 5.98. The molecule has 2 aromatic rings. The average Bonchev–Trinajstić information content (AvgIpc) is 3.03. The molecule has 128 valence electrons. The summed E-state index contributed by atoms with van der Waals surface area (Å²) >= 11 is 0. The number of hydrogen-bond donors (Lipinski definition) is 2. The second-order valence-corrected chi connectivity index (χ2v) is 5.98. The molecule has 1 heterocycles. The Labute approximate surface area is 136 Å². The minimum atomic E-state index is -3.86. The van der Waals surface area contributed by atoms with Crippen LogP contribution in [-0.2, 0) is 4.79 Å². The number of carbonyl (C=O) groups is 1. The van der Waals surface area contributed by atoms with E-state index in [2.05, 4.69) is 15.5 Å². The molecule has 1 atom stereocenters. The van der Waals surface area contributed by atoms with Crippen LogP contribution in [0, 0.1) is 0 Å². The highest BCUT2D eigenvalue weighted by molar-refractivity contribution is 5.85. The van der Waals surface area contributed by atoms with Crippen molar-refractivity contribution in [2.24, 2.45) is 0 Å². The van der Waals surface area contributed by atoms with Crippen LogP contribution in [0.15, 0.2) is 34.9 Å². The van der Waals surface area contributed by atoms with Gasteiger partial charge in [0.25, 0.3) is 11.8 Å². The van der Waals surface area contributed by atoms with Gasteiger partial charge in [0.2, 0.25) is 0 Å². The third-order valence-electron chi connectivity index (χ3n) is 4.25. The van der Waals surface area contributed by atoms with Gasteiger partial charge in [-0.15, -0.1) is 0 Å². The van der Waals surface area contributed by atoms with Crippen LogP contribution in [0.5, 0.6) is 0 Å². The van der Waals surface area contributed by atoms with Crippen LogP contribution in [0.4, 0.5) is 8.78 Å². The molecule has 3 rings (SSSR count). The molecular weight excluding hydrogens is 320 g/mol. The van der Waals surface area contributed by atoms with Crippen LogP contribution in [0.25, 0.3) is 11.5 Å². The maximum atomic E-state index is 14.1. The number of aromatic nitrogens is 2. The van der Waals surface area contributed by atoms with E-state index in [-0.39, 0.29) is 24.6 Å². The van der Waals surface area contributed by atoms with Gasteiger partial charge in [-0.2, -0.15) is 13.8 Å². The first-order chi connectivity index (χ1) is 11.3. The number of nitrogens with one attached hydrogen (secondary N) is 1. The Kier molecular flexibility index (Phi) is 4.08. The third-order valence-corrected chi connectivity index (χ3v) is 4.25. The Morgan fingerprint density at radius 3 is 2.62 bits per heavy atom. The molecule has 0 saturated heterocycles. The van der Waals surface area contributed by atoms with Crippen LogP contribution < -0.4 is 5.32 Å². The lowest BCUT2D eigenvalue weighted by atomic mass is 9.75. The second kappa shape index (κ2) is 5.94. The van der Waals surface area contributed by atoms with Gasteiger partial charge >= 0.3 is 5.92 Å². The van der Waals surface area contributed by atoms with Crippen molar-refractivity contribution in [1.82, 2.24) is 15.5 Å². The summed E-state index contributed by atoms with van der Waals surface area (Å²) in [6, 6.07) is 8.07. The number of alkyl halides is 2. The number of benzene rings is 1. The predicted octanol–water partition coefficient (Wildman–Crippen LogP) is 2.46. The highest BCUT2D eigenvalue weighted by atomic mass is 19.3. The molecule has 1 fully saturated rings. The van der Waals surface area contributed by atoms with Crippen molar-refractivity contribution < 1.29 is 23.2 Å². The van der Waals surface area contributed by atoms with Crippen LogP contribution in [0.2, 0.25) is 0 Å². The molecule has 0 bridgehead atoms. The van der Waals surface area contributed by atoms with Crippen molar-refractivity contribution in [2.45, 2.75) is 43.8 Å². The largest absolute Gasteiger partial charge is 0.383 e. The molecule has 1 amide bonds. The summed E-state index contributed by atoms with van der Waals surface area (Å²) in [4.78, 5) is 16.0. The van der Waals surface area contributed by atoms with E-state index < -0.39 is 23.5 Å². The molecule has 8 heteroatoms. The molecule has 1 aromatic heterocycles. The van der Waals surface area contributed by atoms with Gasteiger partial charge in [0.05, 0.1) is 6.04 Å². The zero-order valence-corrected chi connectivity index (χ0v) is 13.0. The number of hydrogen-bond acceptors (Lipinski definition) is 5. The molecule has 0 spiro atoms. The Balaban J connectivity index is 1.70. The summed E-state index contributed by atoms with van der Waals surface area (Å²) in [5.41, 5.74) is -1.58. The van der Waals surface area contributed by atoms with Crippen LogP contribution in [-0.4, -0.2) is 32.7 Å². The Morgan fingerprint density at radius 1 is 1.38 bits per heavy atom. The molecule has 1 saturated carbocycles. The smallest absolute Gasteiger partial charge is 0.352 e. The Bertz CT molecular complexity index is 729. The van der Waals surface area contributed by atoms with Gasteiger partial charge in [0.1, 0.15) is 5.60 Å². The Morgan fingerprint density at radius 2 is 2.04 bits per heavy atom. The first kappa shape index (κ1) is 16.5. The molecule has 1 unspecified atom stereocenters. The summed E-state index contributed by atoms with van der Waals surface area (Å²) in [6.45, 7) is 1.47. The number of halogens is 2. The van der Waals surface area contributed by atoms with Crippen molar-refractivity contribution in [3.05, 3.63) is 36.2 Å². The molecule has 0 aliphatic heterocycles. The van der Waals surface area contributed by atoms with Crippen LogP contribution in [0.1, 0.15) is 38.1 Å². The first-order valence-electron chi connectivity index (χ1n) is 7.64. The van der Waals surface area contributed by atoms with E-state index in [4.69, 9.17) is 4.52 Å². The normalized spacial score (nSPS) is 17.8. The van der Waals surface area contributed by atoms with Gasteiger partial charge in [-0.3, -0.25) is 4.79 Å². The van der Waals surface area contributed by atoms with E-state index >= 15 is 0 Å². The monoisotopic (exact) mass is 337 g/mol. The van der Waals surface area contributed by atoms with E-state index in [1.165, 1.54) is 6.92 Å². The van der Waals surface area contributed by atoms with Gasteiger partial charge in [-0.05, 0) is 38.3 Å². The van der Waals surface area contributed by atoms with Crippen molar-refractivity contribution in [1.29, 1.82) is 0 Å².